The van der Waals surface area contributed by atoms with Crippen molar-refractivity contribution < 1.29 is 9.59 Å². The van der Waals surface area contributed by atoms with Crippen LogP contribution in [0.25, 0.3) is 0 Å². The average Bonchev–Trinajstić information content (AvgIpc) is 2.69. The molecular weight excluding hydrogens is 312 g/mol. The Bertz CT molecular complexity index is 631. The van der Waals surface area contributed by atoms with Gasteiger partial charge in [0.05, 0.1) is 21.9 Å². The fourth-order valence-electron chi connectivity index (χ4n) is 1.65. The molecule has 0 aliphatic heterocycles. The van der Waals surface area contributed by atoms with Crippen LogP contribution in [0.2, 0.25) is 0 Å². The molecule has 19 heavy (non-hydrogen) atoms. The van der Waals surface area contributed by atoms with E-state index < -0.39 is 5.91 Å². The molecule has 2 amide bonds. The highest BCUT2D eigenvalue weighted by Crippen LogP contribution is 2.19. The zero-order valence-electron chi connectivity index (χ0n) is 10.1. The number of nitrogens with two attached hydrogens (primary N) is 1. The van der Waals surface area contributed by atoms with Crippen LogP contribution in [0.5, 0.6) is 0 Å². The first-order chi connectivity index (χ1) is 9.00. The Balaban J connectivity index is 2.32. The molecule has 2 aromatic rings. The van der Waals surface area contributed by atoms with Crippen molar-refractivity contribution in [2.45, 2.75) is 0 Å². The van der Waals surface area contributed by atoms with Gasteiger partial charge >= 0.3 is 0 Å². The lowest BCUT2D eigenvalue weighted by Gasteiger charge is -2.09. The Morgan fingerprint density at radius 2 is 2.05 bits per heavy atom. The number of primary amides is 1. The molecule has 0 saturated carbocycles. The van der Waals surface area contributed by atoms with Gasteiger partial charge in [0, 0.05) is 7.05 Å². The van der Waals surface area contributed by atoms with Crippen molar-refractivity contribution in [1.82, 2.24) is 9.78 Å². The zero-order valence-corrected chi connectivity index (χ0v) is 11.6. The summed E-state index contributed by atoms with van der Waals surface area (Å²) in [6.07, 6.45) is 1.52. The predicted molar refractivity (Wildman–Crippen MR) is 73.8 cm³/mol. The highest BCUT2D eigenvalue weighted by molar-refractivity contribution is 9.10. The van der Waals surface area contributed by atoms with Gasteiger partial charge in [-0.1, -0.05) is 12.1 Å². The van der Waals surface area contributed by atoms with Crippen LogP contribution in [0, 0.1) is 0 Å². The molecule has 0 fully saturated rings. The topological polar surface area (TPSA) is 90.0 Å². The molecule has 98 valence electrons. The maximum Gasteiger partial charge on any atom is 0.275 e. The minimum Gasteiger partial charge on any atom is -0.366 e. The number of hydrogen-bond acceptors (Lipinski definition) is 3. The van der Waals surface area contributed by atoms with Crippen LogP contribution < -0.4 is 11.1 Å². The standard InChI is InChI=1S/C12H11BrN4O2/c1-17-10(8(13)6-15-17)12(19)16-9-5-3-2-4-7(9)11(14)18/h2-6H,1H3,(H2,14,18)(H,16,19). The minimum atomic E-state index is -0.597. The smallest absolute Gasteiger partial charge is 0.275 e. The number of nitrogens with zero attached hydrogens (tertiary/aromatic N) is 2. The van der Waals surface area contributed by atoms with Gasteiger partial charge in [-0.05, 0) is 28.1 Å². The zero-order chi connectivity index (χ0) is 14.0. The van der Waals surface area contributed by atoms with E-state index in [-0.39, 0.29) is 11.5 Å². The Kier molecular flexibility index (Phi) is 3.66. The summed E-state index contributed by atoms with van der Waals surface area (Å²) in [5.74, 6) is -0.972. The number of rotatable bonds is 3. The van der Waals surface area contributed by atoms with Crippen LogP contribution in [0.15, 0.2) is 34.9 Å². The number of nitrogens with one attached hydrogen (secondary N) is 1. The number of carbonyl (C=O) groups is 2. The molecule has 0 bridgehead atoms. The minimum absolute atomic E-state index is 0.258. The summed E-state index contributed by atoms with van der Waals surface area (Å²) in [5, 5.41) is 6.60. The van der Waals surface area contributed by atoms with Crippen molar-refractivity contribution >= 4 is 33.4 Å². The largest absolute Gasteiger partial charge is 0.366 e. The van der Waals surface area contributed by atoms with Gasteiger partial charge in [0.25, 0.3) is 11.8 Å². The molecule has 7 heteroatoms. The molecule has 1 heterocycles. The van der Waals surface area contributed by atoms with Gasteiger partial charge in [0.2, 0.25) is 0 Å². The molecule has 0 aliphatic carbocycles. The summed E-state index contributed by atoms with van der Waals surface area (Å²) in [4.78, 5) is 23.4. The van der Waals surface area contributed by atoms with E-state index in [4.69, 9.17) is 5.73 Å². The number of amides is 2. The van der Waals surface area contributed by atoms with Crippen LogP contribution in [0.3, 0.4) is 0 Å². The number of para-hydroxylation sites is 1. The summed E-state index contributed by atoms with van der Waals surface area (Å²) in [7, 11) is 1.65. The first-order valence-corrected chi connectivity index (χ1v) is 6.17. The van der Waals surface area contributed by atoms with E-state index in [1.54, 1.807) is 31.3 Å². The van der Waals surface area contributed by atoms with Crippen molar-refractivity contribution in [3.63, 3.8) is 0 Å². The third-order valence-electron chi connectivity index (χ3n) is 2.55. The van der Waals surface area contributed by atoms with Gasteiger partial charge in [-0.3, -0.25) is 14.3 Å². The van der Waals surface area contributed by atoms with E-state index in [2.05, 4.69) is 26.3 Å². The van der Waals surface area contributed by atoms with Crippen LogP contribution in [-0.2, 0) is 7.05 Å². The molecular formula is C12H11BrN4O2. The summed E-state index contributed by atoms with van der Waals surface area (Å²) in [6, 6.07) is 6.55. The molecule has 1 aromatic heterocycles. The quantitative estimate of drug-likeness (QED) is 0.897. The maximum atomic E-state index is 12.1. The van der Waals surface area contributed by atoms with Gasteiger partial charge in [0.15, 0.2) is 0 Å². The van der Waals surface area contributed by atoms with E-state index >= 15 is 0 Å². The second kappa shape index (κ2) is 5.23. The molecule has 0 radical (unpaired) electrons. The lowest BCUT2D eigenvalue weighted by Crippen LogP contribution is -2.20. The highest BCUT2D eigenvalue weighted by atomic mass is 79.9. The van der Waals surface area contributed by atoms with Gasteiger partial charge < -0.3 is 11.1 Å². The van der Waals surface area contributed by atoms with Crippen LogP contribution >= 0.6 is 15.9 Å². The number of halogens is 1. The molecule has 0 saturated heterocycles. The Morgan fingerprint density at radius 3 is 2.63 bits per heavy atom. The Hall–Kier alpha value is -2.15. The molecule has 6 nitrogen and oxygen atoms in total. The number of benzene rings is 1. The van der Waals surface area contributed by atoms with Crippen molar-refractivity contribution in [2.24, 2.45) is 12.8 Å². The Morgan fingerprint density at radius 1 is 1.37 bits per heavy atom. The van der Waals surface area contributed by atoms with E-state index in [1.165, 1.54) is 10.9 Å². The normalized spacial score (nSPS) is 10.2. The molecule has 0 unspecified atom stereocenters. The second-order valence-electron chi connectivity index (χ2n) is 3.83. The third-order valence-corrected chi connectivity index (χ3v) is 3.13. The molecule has 0 spiro atoms. The van der Waals surface area contributed by atoms with Crippen LogP contribution in [0.1, 0.15) is 20.8 Å². The molecule has 2 rings (SSSR count). The van der Waals surface area contributed by atoms with Gasteiger partial charge in [0.1, 0.15) is 5.69 Å². The van der Waals surface area contributed by atoms with E-state index in [0.29, 0.717) is 15.9 Å². The number of aromatic nitrogens is 2. The average molecular weight is 323 g/mol. The number of aryl methyl sites for hydroxylation is 1. The SMILES string of the molecule is Cn1ncc(Br)c1C(=O)Nc1ccccc1C(N)=O. The summed E-state index contributed by atoms with van der Waals surface area (Å²) in [6.45, 7) is 0. The fourth-order valence-corrected chi connectivity index (χ4v) is 2.18. The van der Waals surface area contributed by atoms with E-state index in [0.717, 1.165) is 0 Å². The lowest BCUT2D eigenvalue weighted by atomic mass is 10.1. The fraction of sp³-hybridized carbons (Fsp3) is 0.0833. The number of hydrogen-bond donors (Lipinski definition) is 2. The number of carbonyl (C=O) groups excluding carboxylic acids is 2. The third kappa shape index (κ3) is 2.65. The van der Waals surface area contributed by atoms with Gasteiger partial charge in [-0.25, -0.2) is 0 Å². The summed E-state index contributed by atoms with van der Waals surface area (Å²) >= 11 is 3.24. The van der Waals surface area contributed by atoms with Crippen molar-refractivity contribution in [1.29, 1.82) is 0 Å². The van der Waals surface area contributed by atoms with Gasteiger partial charge in [-0.2, -0.15) is 5.10 Å². The maximum absolute atomic E-state index is 12.1. The second-order valence-corrected chi connectivity index (χ2v) is 4.68. The van der Waals surface area contributed by atoms with Crippen LogP contribution in [0.4, 0.5) is 5.69 Å². The predicted octanol–water partition coefficient (Wildman–Crippen LogP) is 1.53. The molecule has 0 atom stereocenters. The van der Waals surface area contributed by atoms with Crippen molar-refractivity contribution in [3.05, 3.63) is 46.2 Å². The van der Waals surface area contributed by atoms with E-state index in [1.807, 2.05) is 0 Å². The number of anilines is 1. The van der Waals surface area contributed by atoms with E-state index in [9.17, 15) is 9.59 Å². The molecule has 3 N–H and O–H groups in total. The monoisotopic (exact) mass is 322 g/mol. The summed E-state index contributed by atoms with van der Waals surface area (Å²) in [5.41, 5.74) is 6.24. The van der Waals surface area contributed by atoms with Crippen molar-refractivity contribution in [2.75, 3.05) is 5.32 Å². The first kappa shape index (κ1) is 13.3. The summed E-state index contributed by atoms with van der Waals surface area (Å²) < 4.78 is 2.01. The Labute approximate surface area is 117 Å². The highest BCUT2D eigenvalue weighted by Gasteiger charge is 2.17. The van der Waals surface area contributed by atoms with Gasteiger partial charge in [-0.15, -0.1) is 0 Å². The first-order valence-electron chi connectivity index (χ1n) is 5.38. The van der Waals surface area contributed by atoms with Crippen LogP contribution in [-0.4, -0.2) is 21.6 Å². The molecule has 0 aliphatic rings. The lowest BCUT2D eigenvalue weighted by molar-refractivity contribution is 0.100. The van der Waals surface area contributed by atoms with Crippen molar-refractivity contribution in [3.8, 4) is 0 Å². The molecule has 1 aromatic carbocycles.